The van der Waals surface area contributed by atoms with Gasteiger partial charge in [-0.3, -0.25) is 0 Å². The molecule has 0 atom stereocenters. The zero-order valence-corrected chi connectivity index (χ0v) is 26.8. The molecule has 0 rings (SSSR count). The van der Waals surface area contributed by atoms with E-state index in [0.717, 1.165) is 0 Å². The Labute approximate surface area is 280 Å². The fourth-order valence-electron chi connectivity index (χ4n) is 4.54. The minimum Gasteiger partial charge on any atom is -0.351 e. The van der Waals surface area contributed by atoms with Crippen LogP contribution in [0, 0.1) is 0 Å². The van der Waals surface area contributed by atoms with Crippen LogP contribution in [-0.2, 0) is 0 Å². The molecule has 0 spiro atoms. The van der Waals surface area contributed by atoms with E-state index in [1.165, 1.54) is 0 Å². The Morgan fingerprint density at radius 1 is 0.264 bits per heavy atom. The Morgan fingerprint density at radius 2 is 0.434 bits per heavy atom. The van der Waals surface area contributed by atoms with Crippen LogP contribution >= 0.6 is 0 Å². The van der Waals surface area contributed by atoms with Crippen molar-refractivity contribution in [1.29, 1.82) is 0 Å². The van der Waals surface area contributed by atoms with Gasteiger partial charge in [-0.05, 0) is 37.4 Å². The number of unbranched alkanes of at least 4 members (excludes halogenated alkanes) is 3. The number of hydrogen-bond donors (Lipinski definition) is 1. The topological polar surface area (TPSA) is 26.0 Å². The van der Waals surface area contributed by atoms with Crippen molar-refractivity contribution in [3.63, 3.8) is 0 Å². The molecule has 0 aromatic heterocycles. The maximum Gasteiger partial charge on any atom is 0.460 e. The molecule has 0 aromatic carbocycles. The van der Waals surface area contributed by atoms with Crippen LogP contribution in [0.1, 0.15) is 57.8 Å². The normalized spacial score (nSPS) is 16.1. The molecule has 0 saturated heterocycles. The molecule has 0 saturated carbocycles. The fourth-order valence-corrected chi connectivity index (χ4v) is 8.15. The summed E-state index contributed by atoms with van der Waals surface area (Å²) in [7, 11) is -4.16. The van der Waals surface area contributed by atoms with E-state index in [1.807, 2.05) is 0 Å². The highest BCUT2D eigenvalue weighted by molar-refractivity contribution is 6.76. The van der Waals surface area contributed by atoms with Crippen molar-refractivity contribution in [1.82, 2.24) is 0 Å². The van der Waals surface area contributed by atoms with E-state index >= 15 is 0 Å². The summed E-state index contributed by atoms with van der Waals surface area (Å²) < 4.78 is 353. The van der Waals surface area contributed by atoms with Gasteiger partial charge in [-0.15, -0.1) is 0 Å². The average molecular weight is 870 g/mol. The maximum absolute atomic E-state index is 13.8. The van der Waals surface area contributed by atoms with Gasteiger partial charge in [0.2, 0.25) is 0 Å². The molecule has 0 bridgehead atoms. The predicted molar refractivity (Wildman–Crippen MR) is 129 cm³/mol. The molecule has 0 unspecified atom stereocenters. The molecular weight excluding hydrogens is 843 g/mol. The summed E-state index contributed by atoms with van der Waals surface area (Å²) in [5, 5.41) is 5.91. The first-order chi connectivity index (χ1) is 22.9. The summed E-state index contributed by atoms with van der Waals surface area (Å²) in [6, 6.07) is -2.70. The Hall–Kier alpha value is -1.71. The zero-order valence-electron chi connectivity index (χ0n) is 25.8. The highest BCUT2D eigenvalue weighted by Crippen LogP contribution is 2.57. The quantitative estimate of drug-likeness (QED) is 0.0694. The maximum atomic E-state index is 13.8. The van der Waals surface area contributed by atoms with Crippen molar-refractivity contribution in [2.24, 2.45) is 5.40 Å². The standard InChI is InChI=1S/C24H26F27NSi/c25-13(26,16(31,32)19(37,38)22(43,44)45)7-1-4-10-53(52,11-5-2-8-14(27,28)17(33,34)20(39,40)23(46,47)48)12-6-3-9-15(29,30)18(35,36)21(41,42)24(49,50)51/h1-12,52H2. The zero-order chi connectivity index (χ0) is 43.0. The van der Waals surface area contributed by atoms with E-state index in [4.69, 9.17) is 5.40 Å². The van der Waals surface area contributed by atoms with Crippen LogP contribution in [0.25, 0.3) is 0 Å². The number of rotatable bonds is 21. The highest BCUT2D eigenvalue weighted by Gasteiger charge is 2.83. The van der Waals surface area contributed by atoms with Crippen LogP contribution in [0.15, 0.2) is 0 Å². The van der Waals surface area contributed by atoms with Crippen LogP contribution < -0.4 is 5.40 Å². The van der Waals surface area contributed by atoms with Crippen LogP contribution in [0.2, 0.25) is 18.1 Å². The third-order valence-electron chi connectivity index (χ3n) is 7.88. The Morgan fingerprint density at radius 3 is 0.585 bits per heavy atom. The number of hydrogen-bond acceptors (Lipinski definition) is 1. The molecule has 53 heavy (non-hydrogen) atoms. The smallest absolute Gasteiger partial charge is 0.351 e. The molecular formula is C24H26F27NSi. The van der Waals surface area contributed by atoms with Crippen LogP contribution in [0.4, 0.5) is 119 Å². The minimum absolute atomic E-state index is 0.901. The first kappa shape index (κ1) is 51.3. The van der Waals surface area contributed by atoms with Crippen molar-refractivity contribution in [3.8, 4) is 0 Å². The monoisotopic (exact) mass is 869 g/mol. The van der Waals surface area contributed by atoms with Gasteiger partial charge in [0, 0.05) is 19.3 Å². The van der Waals surface area contributed by atoms with Gasteiger partial charge in [-0.2, -0.15) is 119 Å². The molecule has 2 N–H and O–H groups in total. The summed E-state index contributed by atoms with van der Waals surface area (Å²) in [6.07, 6.45) is -36.4. The fraction of sp³-hybridized carbons (Fsp3) is 1.00. The molecule has 0 radical (unpaired) electrons. The second-order valence-electron chi connectivity index (χ2n) is 12.0. The lowest BCUT2D eigenvalue weighted by atomic mass is 9.99. The molecule has 0 fully saturated rings. The third kappa shape index (κ3) is 10.4. The molecule has 0 aliphatic rings. The lowest BCUT2D eigenvalue weighted by Gasteiger charge is -2.34. The van der Waals surface area contributed by atoms with Crippen LogP contribution in [0.5, 0.6) is 0 Å². The van der Waals surface area contributed by atoms with Crippen molar-refractivity contribution in [2.45, 2.75) is 148 Å². The van der Waals surface area contributed by atoms with Gasteiger partial charge in [0.05, 0.1) is 0 Å². The van der Waals surface area contributed by atoms with Gasteiger partial charge in [-0.1, -0.05) is 19.3 Å². The Bertz CT molecular complexity index is 1030. The lowest BCUT2D eigenvalue weighted by molar-refractivity contribution is -0.396. The second-order valence-corrected chi connectivity index (χ2v) is 16.3. The van der Waals surface area contributed by atoms with E-state index < -0.39 is 156 Å². The molecule has 0 aromatic rings. The SMILES string of the molecule is N[Si](CCCCC(F)(F)C(F)(F)C(F)(F)C(F)(F)F)(CCCCC(F)(F)C(F)(F)C(F)(F)C(F)(F)F)CCCCC(F)(F)C(F)(F)C(F)(F)C(F)(F)F. The molecule has 0 heterocycles. The lowest BCUT2D eigenvalue weighted by Crippen LogP contribution is -2.60. The van der Waals surface area contributed by atoms with Gasteiger partial charge >= 0.3 is 71.8 Å². The van der Waals surface area contributed by atoms with E-state index in [2.05, 4.69) is 0 Å². The minimum atomic E-state index is -7.30. The van der Waals surface area contributed by atoms with Crippen molar-refractivity contribution in [2.75, 3.05) is 0 Å². The molecule has 0 aliphatic carbocycles. The summed E-state index contributed by atoms with van der Waals surface area (Å²) in [5.41, 5.74) is 0. The van der Waals surface area contributed by atoms with E-state index in [0.29, 0.717) is 0 Å². The van der Waals surface area contributed by atoms with Gasteiger partial charge in [-0.25, -0.2) is 0 Å². The molecule has 0 amide bonds. The van der Waals surface area contributed by atoms with Crippen molar-refractivity contribution >= 4 is 8.24 Å². The summed E-state index contributed by atoms with van der Waals surface area (Å²) in [6.45, 7) is 0. The van der Waals surface area contributed by atoms with Gasteiger partial charge in [0.25, 0.3) is 0 Å². The van der Waals surface area contributed by atoms with Crippen molar-refractivity contribution < 1.29 is 119 Å². The van der Waals surface area contributed by atoms with Crippen LogP contribution in [0.3, 0.4) is 0 Å². The number of alkyl halides is 27. The molecule has 1 nitrogen and oxygen atoms in total. The third-order valence-corrected chi connectivity index (χ3v) is 11.9. The average Bonchev–Trinajstić information content (AvgIpc) is 2.93. The molecule has 320 valence electrons. The first-order valence-electron chi connectivity index (χ1n) is 14.3. The molecule has 0 aliphatic heterocycles. The number of nitrogens with two attached hydrogens (primary N) is 1. The summed E-state index contributed by atoms with van der Waals surface area (Å²) >= 11 is 0. The van der Waals surface area contributed by atoms with Crippen LogP contribution in [-0.4, -0.2) is 80.1 Å². The molecule has 29 heteroatoms. The number of halogens is 27. The first-order valence-corrected chi connectivity index (χ1v) is 17.0. The summed E-state index contributed by atoms with van der Waals surface area (Å²) in [5.74, 6) is -61.5. The summed E-state index contributed by atoms with van der Waals surface area (Å²) in [4.78, 5) is 0. The van der Waals surface area contributed by atoms with Gasteiger partial charge in [0.15, 0.2) is 0 Å². The van der Waals surface area contributed by atoms with E-state index in [9.17, 15) is 119 Å². The van der Waals surface area contributed by atoms with E-state index in [-0.39, 0.29) is 0 Å². The Balaban J connectivity index is 5.98. The Kier molecular flexibility index (Phi) is 15.2. The second kappa shape index (κ2) is 15.7. The predicted octanol–water partition coefficient (Wildman–Crippen LogP) is 12.8. The van der Waals surface area contributed by atoms with E-state index in [1.54, 1.807) is 0 Å². The largest absolute Gasteiger partial charge is 0.460 e. The van der Waals surface area contributed by atoms with Gasteiger partial charge < -0.3 is 5.40 Å². The van der Waals surface area contributed by atoms with Gasteiger partial charge in [0.1, 0.15) is 8.24 Å². The highest BCUT2D eigenvalue weighted by atomic mass is 28.3. The van der Waals surface area contributed by atoms with Crippen molar-refractivity contribution in [3.05, 3.63) is 0 Å².